The van der Waals surface area contributed by atoms with Crippen molar-refractivity contribution in [3.8, 4) is 5.75 Å². The Morgan fingerprint density at radius 2 is 1.92 bits per heavy atom. The number of ether oxygens (including phenoxy) is 1. The molecule has 0 radical (unpaired) electrons. The molecule has 126 valence electrons. The largest absolute Gasteiger partial charge is 0.494 e. The number of H-pyrrole nitrogens is 1. The molecule has 3 nitrogen and oxygen atoms in total. The quantitative estimate of drug-likeness (QED) is 0.441. The van der Waals surface area contributed by atoms with E-state index in [1.807, 2.05) is 0 Å². The third kappa shape index (κ3) is 4.54. The zero-order valence-electron chi connectivity index (χ0n) is 14.3. The van der Waals surface area contributed by atoms with Crippen LogP contribution in [0.2, 0.25) is 0 Å². The Morgan fingerprint density at radius 3 is 2.71 bits per heavy atom. The van der Waals surface area contributed by atoms with Gasteiger partial charge in [0.05, 0.1) is 17.6 Å². The zero-order valence-corrected chi connectivity index (χ0v) is 15.2. The van der Waals surface area contributed by atoms with Crippen LogP contribution >= 0.6 is 11.8 Å². The van der Waals surface area contributed by atoms with Crippen LogP contribution < -0.4 is 4.74 Å². The molecular weight excluding hydrogens is 316 g/mol. The highest BCUT2D eigenvalue weighted by atomic mass is 32.2. The molecule has 0 atom stereocenters. The highest BCUT2D eigenvalue weighted by molar-refractivity contribution is 7.99. The first kappa shape index (κ1) is 16.9. The summed E-state index contributed by atoms with van der Waals surface area (Å²) in [6.07, 6.45) is 3.24. The Bertz CT molecular complexity index is 780. The highest BCUT2D eigenvalue weighted by Crippen LogP contribution is 2.21. The molecule has 0 saturated heterocycles. The average Bonchev–Trinajstić information content (AvgIpc) is 3.00. The number of fused-ring (bicyclic) bond motifs is 1. The summed E-state index contributed by atoms with van der Waals surface area (Å²) in [5.74, 6) is 2.02. The van der Waals surface area contributed by atoms with Crippen LogP contribution in [-0.4, -0.2) is 22.3 Å². The van der Waals surface area contributed by atoms with Crippen molar-refractivity contribution in [2.75, 3.05) is 12.4 Å². The minimum Gasteiger partial charge on any atom is -0.494 e. The Kier molecular flexibility index (Phi) is 5.81. The third-order valence-electron chi connectivity index (χ3n) is 3.99. The number of unbranched alkanes of at least 4 members (excludes halogenated alkanes) is 1. The predicted octanol–water partition coefficient (Wildman–Crippen LogP) is 5.39. The van der Waals surface area contributed by atoms with Crippen LogP contribution in [0.15, 0.2) is 47.6 Å². The molecule has 1 aromatic heterocycles. The second kappa shape index (κ2) is 8.25. The van der Waals surface area contributed by atoms with Crippen LogP contribution in [0.3, 0.4) is 0 Å². The molecule has 0 aliphatic carbocycles. The molecule has 4 heteroatoms. The van der Waals surface area contributed by atoms with Gasteiger partial charge in [-0.2, -0.15) is 0 Å². The van der Waals surface area contributed by atoms with Gasteiger partial charge in [-0.05, 0) is 61.6 Å². The Hall–Kier alpha value is -1.94. The van der Waals surface area contributed by atoms with E-state index in [0.717, 1.165) is 53.6 Å². The fraction of sp³-hybridized carbons (Fsp3) is 0.350. The number of aromatic nitrogens is 2. The van der Waals surface area contributed by atoms with Crippen molar-refractivity contribution >= 4 is 22.8 Å². The van der Waals surface area contributed by atoms with Gasteiger partial charge in [0.15, 0.2) is 5.16 Å². The van der Waals surface area contributed by atoms with Crippen LogP contribution in [0.25, 0.3) is 11.0 Å². The summed E-state index contributed by atoms with van der Waals surface area (Å²) >= 11 is 1.78. The summed E-state index contributed by atoms with van der Waals surface area (Å²) < 4.78 is 5.79. The van der Waals surface area contributed by atoms with Gasteiger partial charge in [-0.1, -0.05) is 36.9 Å². The van der Waals surface area contributed by atoms with Gasteiger partial charge in [-0.15, -0.1) is 0 Å². The van der Waals surface area contributed by atoms with E-state index in [4.69, 9.17) is 4.74 Å². The van der Waals surface area contributed by atoms with Gasteiger partial charge >= 0.3 is 0 Å². The summed E-state index contributed by atoms with van der Waals surface area (Å²) in [7, 11) is 0. The predicted molar refractivity (Wildman–Crippen MR) is 102 cm³/mol. The molecule has 0 unspecified atom stereocenters. The molecule has 0 aliphatic heterocycles. The van der Waals surface area contributed by atoms with Crippen LogP contribution in [0.4, 0.5) is 0 Å². The first-order chi connectivity index (χ1) is 11.7. The van der Waals surface area contributed by atoms with Gasteiger partial charge in [0.2, 0.25) is 0 Å². The average molecular weight is 340 g/mol. The minimum atomic E-state index is 0.769. The maximum Gasteiger partial charge on any atom is 0.166 e. The fourth-order valence-electron chi connectivity index (χ4n) is 2.55. The molecule has 0 bridgehead atoms. The summed E-state index contributed by atoms with van der Waals surface area (Å²) in [5, 5.41) is 1.01. The standard InChI is InChI=1S/C20H24N2OS/c1-3-16-7-9-17(10-8-16)23-12-4-5-13-24-20-21-18-11-6-15(2)14-19(18)22-20/h6-11,14H,3-5,12-13H2,1-2H3,(H,21,22). The van der Waals surface area contributed by atoms with Crippen molar-refractivity contribution in [2.45, 2.75) is 38.3 Å². The van der Waals surface area contributed by atoms with Gasteiger partial charge in [0.25, 0.3) is 0 Å². The van der Waals surface area contributed by atoms with Crippen LogP contribution in [-0.2, 0) is 6.42 Å². The van der Waals surface area contributed by atoms with Crippen molar-refractivity contribution < 1.29 is 4.74 Å². The summed E-state index contributed by atoms with van der Waals surface area (Å²) in [5.41, 5.74) is 4.77. The maximum atomic E-state index is 5.79. The zero-order chi connectivity index (χ0) is 16.8. The van der Waals surface area contributed by atoms with E-state index in [0.29, 0.717) is 0 Å². The lowest BCUT2D eigenvalue weighted by Gasteiger charge is -2.06. The van der Waals surface area contributed by atoms with E-state index in [9.17, 15) is 0 Å². The van der Waals surface area contributed by atoms with E-state index in [-0.39, 0.29) is 0 Å². The minimum absolute atomic E-state index is 0.769. The lowest BCUT2D eigenvalue weighted by molar-refractivity contribution is 0.310. The number of hydrogen-bond donors (Lipinski definition) is 1. The number of aromatic amines is 1. The fourth-order valence-corrected chi connectivity index (χ4v) is 3.44. The number of thioether (sulfide) groups is 1. The van der Waals surface area contributed by atoms with Crippen LogP contribution in [0.5, 0.6) is 5.75 Å². The normalized spacial score (nSPS) is 11.1. The third-order valence-corrected chi connectivity index (χ3v) is 4.95. The molecule has 2 aromatic carbocycles. The molecule has 0 fully saturated rings. The summed E-state index contributed by atoms with van der Waals surface area (Å²) in [6, 6.07) is 14.7. The molecule has 1 N–H and O–H groups in total. The lowest BCUT2D eigenvalue weighted by Crippen LogP contribution is -1.98. The number of rotatable bonds is 8. The van der Waals surface area contributed by atoms with Crippen molar-refractivity contribution in [1.82, 2.24) is 9.97 Å². The molecule has 3 aromatic rings. The molecular formula is C20H24N2OS. The van der Waals surface area contributed by atoms with Crippen molar-refractivity contribution in [3.05, 3.63) is 53.6 Å². The molecule has 0 spiro atoms. The SMILES string of the molecule is CCc1ccc(OCCCCSc2nc3ccc(C)cc3[nH]2)cc1. The van der Waals surface area contributed by atoms with Crippen LogP contribution in [0, 0.1) is 6.92 Å². The number of nitrogens with one attached hydrogen (secondary N) is 1. The first-order valence-corrected chi connectivity index (χ1v) is 9.54. The monoisotopic (exact) mass is 340 g/mol. The Balaban J connectivity index is 1.37. The topological polar surface area (TPSA) is 37.9 Å². The van der Waals surface area contributed by atoms with Gasteiger partial charge in [-0.25, -0.2) is 4.98 Å². The molecule has 0 saturated carbocycles. The molecule has 3 rings (SSSR count). The maximum absolute atomic E-state index is 5.79. The molecule has 0 aliphatic rings. The first-order valence-electron chi connectivity index (χ1n) is 8.55. The van der Waals surface area contributed by atoms with Gasteiger partial charge in [-0.3, -0.25) is 0 Å². The Morgan fingerprint density at radius 1 is 1.08 bits per heavy atom. The second-order valence-electron chi connectivity index (χ2n) is 5.96. The molecule has 24 heavy (non-hydrogen) atoms. The van der Waals surface area contributed by atoms with E-state index >= 15 is 0 Å². The molecule has 1 heterocycles. The number of benzene rings is 2. The van der Waals surface area contributed by atoms with Crippen molar-refractivity contribution in [1.29, 1.82) is 0 Å². The number of nitrogens with zero attached hydrogens (tertiary/aromatic N) is 1. The number of hydrogen-bond acceptors (Lipinski definition) is 3. The van der Waals surface area contributed by atoms with Gasteiger partial charge in [0, 0.05) is 5.75 Å². The van der Waals surface area contributed by atoms with E-state index in [2.05, 4.69) is 66.3 Å². The van der Waals surface area contributed by atoms with Gasteiger partial charge in [0.1, 0.15) is 5.75 Å². The number of imidazole rings is 1. The summed E-state index contributed by atoms with van der Waals surface area (Å²) in [6.45, 7) is 5.03. The lowest BCUT2D eigenvalue weighted by atomic mass is 10.2. The van der Waals surface area contributed by atoms with E-state index in [1.54, 1.807) is 11.8 Å². The Labute approximate surface area is 147 Å². The smallest absolute Gasteiger partial charge is 0.166 e. The number of aryl methyl sites for hydroxylation is 2. The van der Waals surface area contributed by atoms with Crippen molar-refractivity contribution in [3.63, 3.8) is 0 Å². The van der Waals surface area contributed by atoms with Gasteiger partial charge < -0.3 is 9.72 Å². The van der Waals surface area contributed by atoms with E-state index in [1.165, 1.54) is 11.1 Å². The van der Waals surface area contributed by atoms with Crippen molar-refractivity contribution in [2.24, 2.45) is 0 Å². The van der Waals surface area contributed by atoms with E-state index < -0.39 is 0 Å². The van der Waals surface area contributed by atoms with Crippen LogP contribution in [0.1, 0.15) is 30.9 Å². The molecule has 0 amide bonds. The highest BCUT2D eigenvalue weighted by Gasteiger charge is 2.03. The second-order valence-corrected chi connectivity index (χ2v) is 7.05. The summed E-state index contributed by atoms with van der Waals surface area (Å²) in [4.78, 5) is 8.00.